The number of hydrazine groups is 1. The Morgan fingerprint density at radius 1 is 1.14 bits per heavy atom. The smallest absolute Gasteiger partial charge is 0.225 e. The number of nitrogens with one attached hydrogen (secondary N) is 2. The third-order valence-electron chi connectivity index (χ3n) is 5.56. The summed E-state index contributed by atoms with van der Waals surface area (Å²) in [4.78, 5) is 14.2. The highest BCUT2D eigenvalue weighted by Crippen LogP contribution is 2.24. The van der Waals surface area contributed by atoms with E-state index in [1.165, 1.54) is 11.1 Å². The molecule has 3 rings (SSSR count). The van der Waals surface area contributed by atoms with Crippen molar-refractivity contribution in [2.24, 2.45) is 0 Å². The number of hydrogen-bond acceptors (Lipinski definition) is 4. The lowest BCUT2D eigenvalue weighted by Crippen LogP contribution is -2.32. The molecule has 1 aliphatic rings. The molecular weight excluding hydrogens is 362 g/mol. The molecule has 1 saturated heterocycles. The molecule has 2 atom stereocenters. The molecule has 1 heterocycles. The highest BCUT2D eigenvalue weighted by Gasteiger charge is 2.24. The quantitative estimate of drug-likeness (QED) is 0.676. The van der Waals surface area contributed by atoms with Gasteiger partial charge < -0.3 is 9.64 Å². The van der Waals surface area contributed by atoms with Crippen LogP contribution in [0.25, 0.3) is 0 Å². The number of benzene rings is 2. The van der Waals surface area contributed by atoms with Crippen molar-refractivity contribution in [3.63, 3.8) is 0 Å². The molecule has 0 saturated carbocycles. The minimum Gasteiger partial charge on any atom is -0.493 e. The summed E-state index contributed by atoms with van der Waals surface area (Å²) in [5.74, 6) is 0.994. The molecule has 0 spiro atoms. The van der Waals surface area contributed by atoms with Crippen LogP contribution in [0.4, 0.5) is 0 Å². The van der Waals surface area contributed by atoms with Gasteiger partial charge in [0.25, 0.3) is 0 Å². The van der Waals surface area contributed by atoms with Crippen molar-refractivity contribution < 1.29 is 9.53 Å². The second-order valence-electron chi connectivity index (χ2n) is 8.01. The van der Waals surface area contributed by atoms with E-state index in [1.54, 1.807) is 0 Å². The SMILES string of the molecule is Cc1ccc(OCCC(=O)N(C)CCCC2CC(c3ccccc3)NN2)c(C)c1. The van der Waals surface area contributed by atoms with Crippen LogP contribution in [-0.2, 0) is 4.79 Å². The van der Waals surface area contributed by atoms with Crippen LogP contribution < -0.4 is 15.6 Å². The summed E-state index contributed by atoms with van der Waals surface area (Å²) in [6, 6.07) is 17.4. The van der Waals surface area contributed by atoms with Gasteiger partial charge >= 0.3 is 0 Å². The molecule has 2 aromatic carbocycles. The number of rotatable bonds is 9. The number of hydrogen-bond donors (Lipinski definition) is 2. The minimum absolute atomic E-state index is 0.134. The van der Waals surface area contributed by atoms with Gasteiger partial charge in [-0.15, -0.1) is 0 Å². The van der Waals surface area contributed by atoms with Crippen LogP contribution in [0.3, 0.4) is 0 Å². The number of aryl methyl sites for hydroxylation is 2. The summed E-state index contributed by atoms with van der Waals surface area (Å²) in [5.41, 5.74) is 10.4. The number of nitrogens with zero attached hydrogens (tertiary/aromatic N) is 1. The maximum Gasteiger partial charge on any atom is 0.225 e. The zero-order chi connectivity index (χ0) is 20.6. The molecule has 0 aromatic heterocycles. The number of carbonyl (C=O) groups is 1. The van der Waals surface area contributed by atoms with Gasteiger partial charge in [-0.25, -0.2) is 0 Å². The summed E-state index contributed by atoms with van der Waals surface area (Å²) < 4.78 is 5.79. The topological polar surface area (TPSA) is 53.6 Å². The van der Waals surface area contributed by atoms with Crippen LogP contribution in [0.2, 0.25) is 0 Å². The molecule has 1 fully saturated rings. The maximum absolute atomic E-state index is 12.4. The summed E-state index contributed by atoms with van der Waals surface area (Å²) in [6.45, 7) is 5.29. The van der Waals surface area contributed by atoms with Crippen molar-refractivity contribution >= 4 is 5.91 Å². The van der Waals surface area contributed by atoms with Crippen molar-refractivity contribution in [2.75, 3.05) is 20.2 Å². The first-order valence-electron chi connectivity index (χ1n) is 10.5. The predicted octanol–water partition coefficient (Wildman–Crippen LogP) is 3.92. The first kappa shape index (κ1) is 21.3. The molecule has 156 valence electrons. The Kier molecular flexibility index (Phi) is 7.67. The lowest BCUT2D eigenvalue weighted by atomic mass is 10.00. The van der Waals surface area contributed by atoms with Crippen molar-refractivity contribution in [3.05, 3.63) is 65.2 Å². The van der Waals surface area contributed by atoms with Gasteiger partial charge in [0, 0.05) is 25.7 Å². The summed E-state index contributed by atoms with van der Waals surface area (Å²) in [7, 11) is 1.88. The Morgan fingerprint density at radius 3 is 2.69 bits per heavy atom. The monoisotopic (exact) mass is 395 g/mol. The molecule has 5 heteroatoms. The third kappa shape index (κ3) is 6.31. The van der Waals surface area contributed by atoms with E-state index >= 15 is 0 Å². The molecule has 29 heavy (non-hydrogen) atoms. The first-order chi connectivity index (χ1) is 14.0. The van der Waals surface area contributed by atoms with Crippen molar-refractivity contribution in [1.82, 2.24) is 15.8 Å². The highest BCUT2D eigenvalue weighted by atomic mass is 16.5. The van der Waals surface area contributed by atoms with E-state index < -0.39 is 0 Å². The summed E-state index contributed by atoms with van der Waals surface area (Å²) >= 11 is 0. The largest absolute Gasteiger partial charge is 0.493 e. The molecule has 2 unspecified atom stereocenters. The zero-order valence-electron chi connectivity index (χ0n) is 17.8. The molecule has 0 aliphatic carbocycles. The van der Waals surface area contributed by atoms with Crippen LogP contribution in [0.1, 0.15) is 48.4 Å². The molecule has 1 aliphatic heterocycles. The lowest BCUT2D eigenvalue weighted by Gasteiger charge is -2.18. The fourth-order valence-corrected chi connectivity index (χ4v) is 3.82. The fraction of sp³-hybridized carbons (Fsp3) is 0.458. The van der Waals surface area contributed by atoms with Crippen molar-refractivity contribution in [1.29, 1.82) is 0 Å². The van der Waals surface area contributed by atoms with E-state index in [4.69, 9.17) is 4.74 Å². The molecular formula is C24H33N3O2. The number of ether oxygens (including phenoxy) is 1. The fourth-order valence-electron chi connectivity index (χ4n) is 3.82. The van der Waals surface area contributed by atoms with Gasteiger partial charge in [0.15, 0.2) is 0 Å². The van der Waals surface area contributed by atoms with E-state index in [1.807, 2.05) is 37.1 Å². The second kappa shape index (κ2) is 10.4. The third-order valence-corrected chi connectivity index (χ3v) is 5.56. The van der Waals surface area contributed by atoms with Crippen LogP contribution >= 0.6 is 0 Å². The Labute approximate surface area is 174 Å². The van der Waals surface area contributed by atoms with E-state index in [-0.39, 0.29) is 5.91 Å². The normalized spacial score (nSPS) is 18.6. The van der Waals surface area contributed by atoms with Gasteiger partial charge in [-0.2, -0.15) is 0 Å². The Morgan fingerprint density at radius 2 is 1.93 bits per heavy atom. The second-order valence-corrected chi connectivity index (χ2v) is 8.01. The Balaban J connectivity index is 1.32. The van der Waals surface area contributed by atoms with Gasteiger partial charge in [0.2, 0.25) is 5.91 Å². The van der Waals surface area contributed by atoms with Crippen molar-refractivity contribution in [3.8, 4) is 5.75 Å². The van der Waals surface area contributed by atoms with Gasteiger partial charge in [0.1, 0.15) is 5.75 Å². The average molecular weight is 396 g/mol. The Bertz CT molecular complexity index is 794. The van der Waals surface area contributed by atoms with Crippen LogP contribution in [0, 0.1) is 13.8 Å². The molecule has 0 radical (unpaired) electrons. The van der Waals surface area contributed by atoms with Crippen molar-refractivity contribution in [2.45, 2.75) is 51.6 Å². The maximum atomic E-state index is 12.4. The van der Waals surface area contributed by atoms with E-state index in [2.05, 4.69) is 48.1 Å². The van der Waals surface area contributed by atoms with E-state index in [0.29, 0.717) is 25.1 Å². The predicted molar refractivity (Wildman–Crippen MR) is 117 cm³/mol. The van der Waals surface area contributed by atoms with Gasteiger partial charge in [-0.05, 0) is 50.3 Å². The number of carbonyl (C=O) groups excluding carboxylic acids is 1. The molecule has 1 amide bonds. The van der Waals surface area contributed by atoms with E-state index in [9.17, 15) is 4.79 Å². The average Bonchev–Trinajstić information content (AvgIpc) is 3.19. The van der Waals surface area contributed by atoms with E-state index in [0.717, 1.165) is 37.1 Å². The van der Waals surface area contributed by atoms with Crippen LogP contribution in [0.15, 0.2) is 48.5 Å². The standard InChI is InChI=1S/C24H33N3O2/c1-18-11-12-23(19(2)16-18)29-15-13-24(28)27(3)14-7-10-21-17-22(26-25-21)20-8-5-4-6-9-20/h4-6,8-9,11-12,16,21-22,25-26H,7,10,13-15,17H2,1-3H3. The highest BCUT2D eigenvalue weighted by molar-refractivity contribution is 5.75. The lowest BCUT2D eigenvalue weighted by molar-refractivity contribution is -0.130. The zero-order valence-corrected chi connectivity index (χ0v) is 17.8. The first-order valence-corrected chi connectivity index (χ1v) is 10.5. The van der Waals surface area contributed by atoms with Crippen LogP contribution in [-0.4, -0.2) is 37.0 Å². The molecule has 2 aromatic rings. The van der Waals surface area contributed by atoms with Gasteiger partial charge in [-0.3, -0.25) is 15.6 Å². The minimum atomic E-state index is 0.134. The molecule has 5 nitrogen and oxygen atoms in total. The van der Waals surface area contributed by atoms with Crippen LogP contribution in [0.5, 0.6) is 5.75 Å². The Hall–Kier alpha value is -2.37. The summed E-state index contributed by atoms with van der Waals surface area (Å²) in [6.07, 6.45) is 3.52. The molecule has 0 bridgehead atoms. The van der Waals surface area contributed by atoms with Gasteiger partial charge in [-0.1, -0.05) is 48.0 Å². The summed E-state index contributed by atoms with van der Waals surface area (Å²) in [5, 5.41) is 0. The molecule has 2 N–H and O–H groups in total. The van der Waals surface area contributed by atoms with Gasteiger partial charge in [0.05, 0.1) is 13.0 Å². The number of amides is 1.